The van der Waals surface area contributed by atoms with E-state index in [0.29, 0.717) is 30.2 Å². The van der Waals surface area contributed by atoms with E-state index >= 15 is 0 Å². The SMILES string of the molecule is COc1ccc(C(=O)N2CCC(NC(=O)C3CCCN3)CC2)cc1OC.Cl. The number of piperidine rings is 1. The first-order valence-electron chi connectivity index (χ1n) is 9.17. The Labute approximate surface area is 166 Å². The van der Waals surface area contributed by atoms with Gasteiger partial charge < -0.3 is 25.0 Å². The molecule has 2 aliphatic heterocycles. The van der Waals surface area contributed by atoms with Gasteiger partial charge in [0, 0.05) is 24.7 Å². The number of benzene rings is 1. The third-order valence-electron chi connectivity index (χ3n) is 5.14. The number of nitrogens with zero attached hydrogens (tertiary/aromatic N) is 1. The van der Waals surface area contributed by atoms with Crippen molar-refractivity contribution >= 4 is 24.2 Å². The van der Waals surface area contributed by atoms with Crippen molar-refractivity contribution in [1.82, 2.24) is 15.5 Å². The maximum Gasteiger partial charge on any atom is 0.253 e. The van der Waals surface area contributed by atoms with Crippen molar-refractivity contribution in [3.63, 3.8) is 0 Å². The molecule has 1 atom stereocenters. The van der Waals surface area contributed by atoms with Gasteiger partial charge in [0.1, 0.15) is 0 Å². The molecule has 0 spiro atoms. The summed E-state index contributed by atoms with van der Waals surface area (Å²) in [5, 5.41) is 6.33. The molecule has 1 unspecified atom stereocenters. The van der Waals surface area contributed by atoms with E-state index in [9.17, 15) is 9.59 Å². The minimum Gasteiger partial charge on any atom is -0.493 e. The van der Waals surface area contributed by atoms with Crippen LogP contribution in [0.3, 0.4) is 0 Å². The second kappa shape index (κ2) is 9.80. The van der Waals surface area contributed by atoms with Gasteiger partial charge in [0.2, 0.25) is 5.91 Å². The highest BCUT2D eigenvalue weighted by molar-refractivity contribution is 5.95. The van der Waals surface area contributed by atoms with Gasteiger partial charge in [-0.05, 0) is 50.4 Å². The van der Waals surface area contributed by atoms with Gasteiger partial charge in [-0.1, -0.05) is 0 Å². The minimum absolute atomic E-state index is 0. The van der Waals surface area contributed by atoms with Gasteiger partial charge in [-0.2, -0.15) is 0 Å². The highest BCUT2D eigenvalue weighted by Gasteiger charge is 2.28. The molecule has 2 heterocycles. The third kappa shape index (κ3) is 5.05. The average Bonchev–Trinajstić information content (AvgIpc) is 3.22. The standard InChI is InChI=1S/C19H27N3O4.ClH/c1-25-16-6-5-13(12-17(16)26-2)19(24)22-10-7-14(8-11-22)21-18(23)15-4-3-9-20-15;/h5-6,12,14-15,20H,3-4,7-11H2,1-2H3,(H,21,23);1H. The van der Waals surface area contributed by atoms with Crippen LogP contribution in [0.25, 0.3) is 0 Å². The normalized spacial score (nSPS) is 19.9. The second-order valence-corrected chi connectivity index (χ2v) is 6.79. The second-order valence-electron chi connectivity index (χ2n) is 6.79. The molecule has 0 radical (unpaired) electrons. The monoisotopic (exact) mass is 397 g/mol. The van der Waals surface area contributed by atoms with Gasteiger partial charge in [0.25, 0.3) is 5.91 Å². The Hall–Kier alpha value is -1.99. The van der Waals surface area contributed by atoms with E-state index in [1.54, 1.807) is 32.4 Å². The number of halogens is 1. The predicted octanol–water partition coefficient (Wildman–Crippen LogP) is 1.60. The topological polar surface area (TPSA) is 79.9 Å². The number of likely N-dealkylation sites (tertiary alicyclic amines) is 1. The molecule has 2 saturated heterocycles. The average molecular weight is 398 g/mol. The van der Waals surface area contributed by atoms with Crippen LogP contribution in [0, 0.1) is 0 Å². The molecule has 8 heteroatoms. The maximum atomic E-state index is 12.7. The lowest BCUT2D eigenvalue weighted by molar-refractivity contribution is -0.123. The molecule has 0 saturated carbocycles. The quantitative estimate of drug-likeness (QED) is 0.788. The molecular weight excluding hydrogens is 370 g/mol. The minimum atomic E-state index is -0.0542. The zero-order chi connectivity index (χ0) is 18.5. The highest BCUT2D eigenvalue weighted by Crippen LogP contribution is 2.28. The van der Waals surface area contributed by atoms with Crippen LogP contribution in [-0.2, 0) is 4.79 Å². The molecule has 0 aliphatic carbocycles. The Morgan fingerprint density at radius 3 is 2.41 bits per heavy atom. The molecule has 1 aromatic carbocycles. The highest BCUT2D eigenvalue weighted by atomic mass is 35.5. The van der Waals surface area contributed by atoms with Gasteiger partial charge in [0.05, 0.1) is 20.3 Å². The molecule has 0 bridgehead atoms. The molecule has 27 heavy (non-hydrogen) atoms. The van der Waals surface area contributed by atoms with Crippen molar-refractivity contribution in [3.8, 4) is 11.5 Å². The number of amides is 2. The van der Waals surface area contributed by atoms with Crippen LogP contribution in [0.2, 0.25) is 0 Å². The number of nitrogens with one attached hydrogen (secondary N) is 2. The fraction of sp³-hybridized carbons (Fsp3) is 0.579. The lowest BCUT2D eigenvalue weighted by atomic mass is 10.0. The summed E-state index contributed by atoms with van der Waals surface area (Å²) < 4.78 is 10.5. The largest absolute Gasteiger partial charge is 0.493 e. The lowest BCUT2D eigenvalue weighted by Gasteiger charge is -2.33. The first-order chi connectivity index (χ1) is 12.6. The summed E-state index contributed by atoms with van der Waals surface area (Å²) in [6.07, 6.45) is 3.51. The number of carbonyl (C=O) groups is 2. The summed E-state index contributed by atoms with van der Waals surface area (Å²) in [6.45, 7) is 2.18. The van der Waals surface area contributed by atoms with Gasteiger partial charge >= 0.3 is 0 Å². The number of hydrogen-bond acceptors (Lipinski definition) is 5. The van der Waals surface area contributed by atoms with E-state index in [2.05, 4.69) is 10.6 Å². The van der Waals surface area contributed by atoms with E-state index in [-0.39, 0.29) is 36.3 Å². The van der Waals surface area contributed by atoms with Gasteiger partial charge in [0.15, 0.2) is 11.5 Å². The number of ether oxygens (including phenoxy) is 2. The smallest absolute Gasteiger partial charge is 0.253 e. The molecular formula is C19H28ClN3O4. The van der Waals surface area contributed by atoms with Crippen molar-refractivity contribution in [1.29, 1.82) is 0 Å². The van der Waals surface area contributed by atoms with Crippen molar-refractivity contribution in [2.75, 3.05) is 33.9 Å². The zero-order valence-electron chi connectivity index (χ0n) is 15.8. The Kier molecular flexibility index (Phi) is 7.74. The first-order valence-corrected chi connectivity index (χ1v) is 9.17. The summed E-state index contributed by atoms with van der Waals surface area (Å²) in [7, 11) is 3.12. The van der Waals surface area contributed by atoms with Crippen molar-refractivity contribution < 1.29 is 19.1 Å². The summed E-state index contributed by atoms with van der Waals surface area (Å²) >= 11 is 0. The van der Waals surface area contributed by atoms with Crippen LogP contribution in [0.15, 0.2) is 18.2 Å². The van der Waals surface area contributed by atoms with Crippen LogP contribution >= 0.6 is 12.4 Å². The zero-order valence-corrected chi connectivity index (χ0v) is 16.6. The molecule has 3 rings (SSSR count). The van der Waals surface area contributed by atoms with Crippen LogP contribution in [0.1, 0.15) is 36.0 Å². The van der Waals surface area contributed by atoms with E-state index in [0.717, 1.165) is 32.2 Å². The molecule has 0 aromatic heterocycles. The van der Waals surface area contributed by atoms with Crippen LogP contribution in [0.5, 0.6) is 11.5 Å². The summed E-state index contributed by atoms with van der Waals surface area (Å²) in [6, 6.07) is 5.29. The fourth-order valence-corrected chi connectivity index (χ4v) is 3.59. The van der Waals surface area contributed by atoms with Gasteiger partial charge in [-0.15, -0.1) is 12.4 Å². The van der Waals surface area contributed by atoms with E-state index in [4.69, 9.17) is 9.47 Å². The van der Waals surface area contributed by atoms with E-state index < -0.39 is 0 Å². The number of rotatable bonds is 5. The van der Waals surface area contributed by atoms with Crippen molar-refractivity contribution in [2.24, 2.45) is 0 Å². The van der Waals surface area contributed by atoms with Crippen molar-refractivity contribution in [3.05, 3.63) is 23.8 Å². The molecule has 1 aromatic rings. The van der Waals surface area contributed by atoms with Crippen LogP contribution < -0.4 is 20.1 Å². The molecule has 2 fully saturated rings. The number of methoxy groups -OCH3 is 2. The third-order valence-corrected chi connectivity index (χ3v) is 5.14. The molecule has 2 aliphatic rings. The van der Waals surface area contributed by atoms with Crippen LogP contribution in [0.4, 0.5) is 0 Å². The summed E-state index contributed by atoms with van der Waals surface area (Å²) in [4.78, 5) is 26.8. The Balaban J connectivity index is 0.00000261. The molecule has 2 N–H and O–H groups in total. The number of hydrogen-bond donors (Lipinski definition) is 2. The molecule has 7 nitrogen and oxygen atoms in total. The maximum absolute atomic E-state index is 12.7. The van der Waals surface area contributed by atoms with Crippen LogP contribution in [-0.4, -0.2) is 62.7 Å². The first kappa shape index (κ1) is 21.3. The van der Waals surface area contributed by atoms with Gasteiger partial charge in [-0.25, -0.2) is 0 Å². The van der Waals surface area contributed by atoms with E-state index in [1.165, 1.54) is 0 Å². The summed E-state index contributed by atoms with van der Waals surface area (Å²) in [5.41, 5.74) is 0.584. The Bertz CT molecular complexity index is 656. The number of carbonyl (C=O) groups excluding carboxylic acids is 2. The van der Waals surface area contributed by atoms with E-state index in [1.807, 2.05) is 4.90 Å². The van der Waals surface area contributed by atoms with Gasteiger partial charge in [-0.3, -0.25) is 9.59 Å². The predicted molar refractivity (Wildman–Crippen MR) is 105 cm³/mol. The fourth-order valence-electron chi connectivity index (χ4n) is 3.59. The molecule has 2 amide bonds. The lowest BCUT2D eigenvalue weighted by Crippen LogP contribution is -2.50. The molecule has 150 valence electrons. The summed E-state index contributed by atoms with van der Waals surface area (Å²) in [5.74, 6) is 1.22. The van der Waals surface area contributed by atoms with Crippen molar-refractivity contribution in [2.45, 2.75) is 37.8 Å². The Morgan fingerprint density at radius 1 is 1.11 bits per heavy atom. The Morgan fingerprint density at radius 2 is 1.81 bits per heavy atom.